The molecule has 0 saturated carbocycles. The van der Waals surface area contributed by atoms with Crippen LogP contribution in [-0.4, -0.2) is 54.4 Å². The topological polar surface area (TPSA) is 62.5 Å². The second-order valence-electron chi connectivity index (χ2n) is 5.47. The van der Waals surface area contributed by atoms with E-state index < -0.39 is 0 Å². The van der Waals surface area contributed by atoms with E-state index in [4.69, 9.17) is 5.73 Å². The van der Waals surface area contributed by atoms with Crippen LogP contribution in [0.25, 0.3) is 0 Å². The fourth-order valence-electron chi connectivity index (χ4n) is 2.56. The molecule has 5 heteroatoms. The van der Waals surface area contributed by atoms with Crippen LogP contribution in [-0.2, 0) is 0 Å². The highest BCUT2D eigenvalue weighted by molar-refractivity contribution is 5.93. The second-order valence-corrected chi connectivity index (χ2v) is 5.47. The second kappa shape index (κ2) is 6.02. The van der Waals surface area contributed by atoms with E-state index in [1.807, 2.05) is 4.90 Å². The Bertz CT molecular complexity index is 439. The third-order valence-electron chi connectivity index (χ3n) is 3.53. The number of piperidine rings is 1. The van der Waals surface area contributed by atoms with Crippen molar-refractivity contribution >= 4 is 11.6 Å². The van der Waals surface area contributed by atoms with Gasteiger partial charge in [0.1, 0.15) is 5.69 Å². The molecule has 5 nitrogen and oxygen atoms in total. The van der Waals surface area contributed by atoms with Gasteiger partial charge in [0, 0.05) is 31.5 Å². The first kappa shape index (κ1) is 13.8. The third kappa shape index (κ3) is 3.67. The lowest BCUT2D eigenvalue weighted by atomic mass is 9.96. The van der Waals surface area contributed by atoms with Crippen molar-refractivity contribution in [3.05, 3.63) is 24.0 Å². The Morgan fingerprint density at radius 2 is 2.16 bits per heavy atom. The van der Waals surface area contributed by atoms with Crippen molar-refractivity contribution in [2.45, 2.75) is 12.8 Å². The average molecular weight is 262 g/mol. The average Bonchev–Trinajstić information content (AvgIpc) is 2.38. The van der Waals surface area contributed by atoms with Crippen molar-refractivity contribution in [2.75, 3.05) is 39.5 Å². The molecule has 0 spiro atoms. The minimum absolute atomic E-state index is 0.00407. The number of nitrogens with two attached hydrogens (primary N) is 1. The van der Waals surface area contributed by atoms with Gasteiger partial charge in [-0.05, 0) is 45.0 Å². The van der Waals surface area contributed by atoms with E-state index in [0.29, 0.717) is 17.3 Å². The van der Waals surface area contributed by atoms with Crippen molar-refractivity contribution in [3.8, 4) is 0 Å². The lowest BCUT2D eigenvalue weighted by Gasteiger charge is -2.33. The number of hydrogen-bond donors (Lipinski definition) is 1. The first-order valence-corrected chi connectivity index (χ1v) is 6.72. The Kier molecular flexibility index (Phi) is 4.37. The smallest absolute Gasteiger partial charge is 0.272 e. The first-order chi connectivity index (χ1) is 9.06. The minimum atomic E-state index is -0.00407. The number of rotatable bonds is 3. The van der Waals surface area contributed by atoms with Gasteiger partial charge < -0.3 is 15.5 Å². The maximum absolute atomic E-state index is 12.3. The normalized spacial score (nSPS) is 16.9. The molecule has 0 aliphatic carbocycles. The lowest BCUT2D eigenvalue weighted by molar-refractivity contribution is 0.0672. The van der Waals surface area contributed by atoms with Gasteiger partial charge in [-0.3, -0.25) is 9.78 Å². The number of amides is 1. The van der Waals surface area contributed by atoms with Gasteiger partial charge in [-0.25, -0.2) is 0 Å². The van der Waals surface area contributed by atoms with Crippen LogP contribution >= 0.6 is 0 Å². The number of aromatic nitrogens is 1. The molecule has 1 aromatic heterocycles. The molecule has 2 heterocycles. The molecule has 2 rings (SSSR count). The molecule has 0 aromatic carbocycles. The van der Waals surface area contributed by atoms with Gasteiger partial charge in [0.15, 0.2) is 0 Å². The van der Waals surface area contributed by atoms with Crippen LogP contribution in [0.3, 0.4) is 0 Å². The van der Waals surface area contributed by atoms with E-state index in [1.165, 1.54) is 0 Å². The number of anilines is 1. The van der Waals surface area contributed by atoms with Crippen molar-refractivity contribution in [1.29, 1.82) is 0 Å². The molecule has 1 aromatic rings. The Balaban J connectivity index is 1.92. The Morgan fingerprint density at radius 3 is 2.74 bits per heavy atom. The summed E-state index contributed by atoms with van der Waals surface area (Å²) in [5.74, 6) is 0.684. The zero-order valence-electron chi connectivity index (χ0n) is 11.7. The van der Waals surface area contributed by atoms with E-state index in [2.05, 4.69) is 24.0 Å². The third-order valence-corrected chi connectivity index (χ3v) is 3.53. The van der Waals surface area contributed by atoms with Crippen LogP contribution in [0.1, 0.15) is 23.3 Å². The van der Waals surface area contributed by atoms with Crippen molar-refractivity contribution in [2.24, 2.45) is 5.92 Å². The fourth-order valence-corrected chi connectivity index (χ4v) is 2.56. The number of carbonyl (C=O) groups is 1. The van der Waals surface area contributed by atoms with Crippen LogP contribution in [0.2, 0.25) is 0 Å². The molecular weight excluding hydrogens is 240 g/mol. The van der Waals surface area contributed by atoms with Gasteiger partial charge in [0.25, 0.3) is 5.91 Å². The van der Waals surface area contributed by atoms with Crippen molar-refractivity contribution in [3.63, 3.8) is 0 Å². The molecule has 1 saturated heterocycles. The van der Waals surface area contributed by atoms with Gasteiger partial charge in [0.05, 0.1) is 0 Å². The van der Waals surface area contributed by atoms with E-state index in [1.54, 1.807) is 18.3 Å². The van der Waals surface area contributed by atoms with Crippen molar-refractivity contribution < 1.29 is 4.79 Å². The molecule has 1 aliphatic heterocycles. The van der Waals surface area contributed by atoms with E-state index in [-0.39, 0.29) is 5.91 Å². The maximum atomic E-state index is 12.3. The molecular formula is C14H22N4O. The number of nitrogens with zero attached hydrogens (tertiary/aromatic N) is 3. The molecule has 2 N–H and O–H groups in total. The molecule has 19 heavy (non-hydrogen) atoms. The lowest BCUT2D eigenvalue weighted by Crippen LogP contribution is -2.40. The number of likely N-dealkylation sites (tertiary alicyclic amines) is 1. The summed E-state index contributed by atoms with van der Waals surface area (Å²) in [5, 5.41) is 0. The van der Waals surface area contributed by atoms with E-state index in [0.717, 1.165) is 32.5 Å². The van der Waals surface area contributed by atoms with Crippen LogP contribution < -0.4 is 5.73 Å². The summed E-state index contributed by atoms with van der Waals surface area (Å²) >= 11 is 0. The number of hydrogen-bond acceptors (Lipinski definition) is 4. The molecule has 1 aliphatic rings. The minimum Gasteiger partial charge on any atom is -0.399 e. The summed E-state index contributed by atoms with van der Waals surface area (Å²) in [6.45, 7) is 2.72. The first-order valence-electron chi connectivity index (χ1n) is 6.72. The summed E-state index contributed by atoms with van der Waals surface area (Å²) < 4.78 is 0. The Hall–Kier alpha value is -1.62. The monoisotopic (exact) mass is 262 g/mol. The van der Waals surface area contributed by atoms with E-state index >= 15 is 0 Å². The maximum Gasteiger partial charge on any atom is 0.272 e. The van der Waals surface area contributed by atoms with Crippen LogP contribution in [0.4, 0.5) is 5.69 Å². The summed E-state index contributed by atoms with van der Waals surface area (Å²) in [7, 11) is 4.18. The standard InChI is InChI=1S/C14H22N4O/c1-17(2)10-11-4-7-18(8-5-11)14(19)13-9-12(15)3-6-16-13/h3,6,9,11H,4-5,7-8,10H2,1-2H3,(H2,15,16). The highest BCUT2D eigenvalue weighted by Crippen LogP contribution is 2.19. The number of pyridine rings is 1. The summed E-state index contributed by atoms with van der Waals surface area (Å²) in [6.07, 6.45) is 3.71. The van der Waals surface area contributed by atoms with Gasteiger partial charge in [-0.15, -0.1) is 0 Å². The number of carbonyl (C=O) groups excluding carboxylic acids is 1. The summed E-state index contributed by atoms with van der Waals surface area (Å²) in [6, 6.07) is 3.34. The highest BCUT2D eigenvalue weighted by Gasteiger charge is 2.24. The summed E-state index contributed by atoms with van der Waals surface area (Å²) in [4.78, 5) is 20.5. The molecule has 104 valence electrons. The van der Waals surface area contributed by atoms with Gasteiger partial charge in [-0.2, -0.15) is 0 Å². The molecule has 1 amide bonds. The van der Waals surface area contributed by atoms with Crippen LogP contribution in [0.5, 0.6) is 0 Å². The zero-order valence-corrected chi connectivity index (χ0v) is 11.7. The predicted molar refractivity (Wildman–Crippen MR) is 75.8 cm³/mol. The number of nitrogen functional groups attached to an aromatic ring is 1. The van der Waals surface area contributed by atoms with E-state index in [9.17, 15) is 4.79 Å². The molecule has 0 unspecified atom stereocenters. The predicted octanol–water partition coefficient (Wildman–Crippen LogP) is 1.08. The Morgan fingerprint density at radius 1 is 1.47 bits per heavy atom. The fraction of sp³-hybridized carbons (Fsp3) is 0.571. The molecule has 1 fully saturated rings. The van der Waals surface area contributed by atoms with Crippen LogP contribution in [0, 0.1) is 5.92 Å². The summed E-state index contributed by atoms with van der Waals surface area (Å²) in [5.41, 5.74) is 6.72. The zero-order chi connectivity index (χ0) is 13.8. The highest BCUT2D eigenvalue weighted by atomic mass is 16.2. The molecule has 0 bridgehead atoms. The van der Waals surface area contributed by atoms with Gasteiger partial charge >= 0.3 is 0 Å². The van der Waals surface area contributed by atoms with Gasteiger partial charge in [0.2, 0.25) is 0 Å². The Labute approximate surface area is 114 Å². The van der Waals surface area contributed by atoms with Crippen LogP contribution in [0.15, 0.2) is 18.3 Å². The molecule has 0 radical (unpaired) electrons. The largest absolute Gasteiger partial charge is 0.399 e. The van der Waals surface area contributed by atoms with Crippen molar-refractivity contribution in [1.82, 2.24) is 14.8 Å². The quantitative estimate of drug-likeness (QED) is 0.885. The van der Waals surface area contributed by atoms with Gasteiger partial charge in [-0.1, -0.05) is 0 Å². The SMILES string of the molecule is CN(C)CC1CCN(C(=O)c2cc(N)ccn2)CC1. The molecule has 0 atom stereocenters.